The van der Waals surface area contributed by atoms with E-state index in [9.17, 15) is 0 Å². The Morgan fingerprint density at radius 1 is 0.957 bits per heavy atom. The van der Waals surface area contributed by atoms with Crippen LogP contribution in [0.3, 0.4) is 0 Å². The largest absolute Gasteiger partial charge is 0.491 e. The SMILES string of the molecule is CCCC(C)c1ccc(N=Cc2ccc(OC(C)C)cc2)cc1. The Hall–Kier alpha value is -2.09. The maximum absolute atomic E-state index is 5.64. The van der Waals surface area contributed by atoms with E-state index in [4.69, 9.17) is 4.74 Å². The lowest BCUT2D eigenvalue weighted by Crippen LogP contribution is -2.05. The number of benzene rings is 2. The predicted octanol–water partition coefficient (Wildman–Crippen LogP) is 6.13. The Kier molecular flexibility index (Phi) is 6.40. The maximum Gasteiger partial charge on any atom is 0.119 e. The van der Waals surface area contributed by atoms with E-state index in [1.807, 2.05) is 44.3 Å². The molecule has 1 unspecified atom stereocenters. The van der Waals surface area contributed by atoms with Crippen molar-refractivity contribution in [2.24, 2.45) is 4.99 Å². The number of ether oxygens (including phenoxy) is 1. The molecule has 23 heavy (non-hydrogen) atoms. The number of rotatable bonds is 7. The molecule has 0 amide bonds. The van der Waals surface area contributed by atoms with Gasteiger partial charge in [0.1, 0.15) is 5.75 Å². The third-order valence-corrected chi connectivity index (χ3v) is 3.80. The summed E-state index contributed by atoms with van der Waals surface area (Å²) in [6.07, 6.45) is 4.54. The minimum atomic E-state index is 0.197. The highest BCUT2D eigenvalue weighted by Crippen LogP contribution is 2.23. The summed E-state index contributed by atoms with van der Waals surface area (Å²) in [5.74, 6) is 1.51. The van der Waals surface area contributed by atoms with Crippen molar-refractivity contribution in [3.05, 3.63) is 59.7 Å². The van der Waals surface area contributed by atoms with Crippen LogP contribution in [-0.2, 0) is 0 Å². The molecule has 0 aromatic heterocycles. The van der Waals surface area contributed by atoms with Crippen LogP contribution in [0.4, 0.5) is 5.69 Å². The summed E-state index contributed by atoms with van der Waals surface area (Å²) in [5, 5.41) is 0. The molecule has 0 spiro atoms. The molecule has 1 atom stereocenters. The highest BCUT2D eigenvalue weighted by atomic mass is 16.5. The third kappa shape index (κ3) is 5.55. The first kappa shape index (κ1) is 17.3. The smallest absolute Gasteiger partial charge is 0.119 e. The van der Waals surface area contributed by atoms with Crippen molar-refractivity contribution >= 4 is 11.9 Å². The van der Waals surface area contributed by atoms with Gasteiger partial charge in [-0.25, -0.2) is 0 Å². The molecule has 0 saturated carbocycles. The highest BCUT2D eigenvalue weighted by Gasteiger charge is 2.03. The second-order valence-electron chi connectivity index (χ2n) is 6.28. The molecule has 2 heteroatoms. The number of aliphatic imine (C=N–C) groups is 1. The van der Waals surface area contributed by atoms with Crippen LogP contribution >= 0.6 is 0 Å². The van der Waals surface area contributed by atoms with Gasteiger partial charge < -0.3 is 4.74 Å². The maximum atomic E-state index is 5.64. The molecule has 0 aliphatic rings. The minimum Gasteiger partial charge on any atom is -0.491 e. The average molecular weight is 309 g/mol. The van der Waals surface area contributed by atoms with Crippen molar-refractivity contribution in [1.82, 2.24) is 0 Å². The molecule has 122 valence electrons. The molecular weight excluding hydrogens is 282 g/mol. The second kappa shape index (κ2) is 8.52. The molecule has 2 nitrogen and oxygen atoms in total. The lowest BCUT2D eigenvalue weighted by atomic mass is 9.96. The summed E-state index contributed by atoms with van der Waals surface area (Å²) >= 11 is 0. The number of hydrogen-bond donors (Lipinski definition) is 0. The molecule has 0 heterocycles. The quantitative estimate of drug-likeness (QED) is 0.564. The third-order valence-electron chi connectivity index (χ3n) is 3.80. The van der Waals surface area contributed by atoms with Gasteiger partial charge in [-0.2, -0.15) is 0 Å². The Morgan fingerprint density at radius 3 is 2.17 bits per heavy atom. The van der Waals surface area contributed by atoms with Crippen molar-refractivity contribution in [2.45, 2.75) is 52.6 Å². The topological polar surface area (TPSA) is 21.6 Å². The Labute approximate surface area is 140 Å². The first-order chi connectivity index (χ1) is 11.1. The fourth-order valence-electron chi connectivity index (χ4n) is 2.54. The van der Waals surface area contributed by atoms with Gasteiger partial charge in [0.05, 0.1) is 11.8 Å². The monoisotopic (exact) mass is 309 g/mol. The van der Waals surface area contributed by atoms with Crippen molar-refractivity contribution < 1.29 is 4.74 Å². The van der Waals surface area contributed by atoms with Gasteiger partial charge in [0.2, 0.25) is 0 Å². The van der Waals surface area contributed by atoms with E-state index in [0.29, 0.717) is 5.92 Å². The summed E-state index contributed by atoms with van der Waals surface area (Å²) in [5.41, 5.74) is 3.45. The van der Waals surface area contributed by atoms with Crippen LogP contribution in [-0.4, -0.2) is 12.3 Å². The molecule has 0 saturated heterocycles. The molecule has 0 N–H and O–H groups in total. The molecule has 0 aliphatic heterocycles. The lowest BCUT2D eigenvalue weighted by molar-refractivity contribution is 0.242. The van der Waals surface area contributed by atoms with E-state index < -0.39 is 0 Å². The first-order valence-corrected chi connectivity index (χ1v) is 8.49. The van der Waals surface area contributed by atoms with Gasteiger partial charge in [0, 0.05) is 6.21 Å². The summed E-state index contributed by atoms with van der Waals surface area (Å²) in [7, 11) is 0. The van der Waals surface area contributed by atoms with Crippen LogP contribution in [0.15, 0.2) is 53.5 Å². The minimum absolute atomic E-state index is 0.197. The Bertz CT molecular complexity index is 611. The van der Waals surface area contributed by atoms with Gasteiger partial charge in [-0.05, 0) is 73.7 Å². The molecule has 2 rings (SSSR count). The van der Waals surface area contributed by atoms with Crippen LogP contribution < -0.4 is 4.74 Å². The summed E-state index contributed by atoms with van der Waals surface area (Å²) in [4.78, 5) is 4.55. The van der Waals surface area contributed by atoms with E-state index in [2.05, 4.69) is 43.1 Å². The molecule has 0 fully saturated rings. The van der Waals surface area contributed by atoms with Crippen LogP contribution in [0.25, 0.3) is 0 Å². The molecule has 2 aromatic carbocycles. The Morgan fingerprint density at radius 2 is 1.61 bits per heavy atom. The van der Waals surface area contributed by atoms with Crippen molar-refractivity contribution in [3.63, 3.8) is 0 Å². The second-order valence-corrected chi connectivity index (χ2v) is 6.28. The normalized spacial score (nSPS) is 12.7. The van der Waals surface area contributed by atoms with Crippen molar-refractivity contribution in [1.29, 1.82) is 0 Å². The zero-order valence-electron chi connectivity index (χ0n) is 14.6. The highest BCUT2D eigenvalue weighted by molar-refractivity contribution is 5.82. The van der Waals surface area contributed by atoms with Crippen LogP contribution in [0, 0.1) is 0 Å². The van der Waals surface area contributed by atoms with Gasteiger partial charge >= 0.3 is 0 Å². The number of hydrogen-bond acceptors (Lipinski definition) is 2. The van der Waals surface area contributed by atoms with Crippen LogP contribution in [0.2, 0.25) is 0 Å². The van der Waals surface area contributed by atoms with Crippen molar-refractivity contribution in [2.75, 3.05) is 0 Å². The average Bonchev–Trinajstić information content (AvgIpc) is 2.54. The van der Waals surface area contributed by atoms with Crippen LogP contribution in [0.1, 0.15) is 57.6 Å². The van der Waals surface area contributed by atoms with Gasteiger partial charge in [-0.1, -0.05) is 32.4 Å². The molecule has 0 bridgehead atoms. The standard InChI is InChI=1S/C21H27NO/c1-5-6-17(4)19-9-11-20(12-10-19)22-15-18-7-13-21(14-8-18)23-16(2)3/h7-17H,5-6H2,1-4H3. The summed E-state index contributed by atoms with van der Waals surface area (Å²) < 4.78 is 5.64. The number of nitrogens with zero attached hydrogens (tertiary/aromatic N) is 1. The summed E-state index contributed by atoms with van der Waals surface area (Å²) in [6.45, 7) is 8.57. The van der Waals surface area contributed by atoms with Crippen LogP contribution in [0.5, 0.6) is 5.75 Å². The molecule has 0 aliphatic carbocycles. The molecular formula is C21H27NO. The lowest BCUT2D eigenvalue weighted by Gasteiger charge is -2.10. The van der Waals surface area contributed by atoms with E-state index in [1.54, 1.807) is 0 Å². The van der Waals surface area contributed by atoms with Gasteiger partial charge in [0.15, 0.2) is 0 Å². The molecule has 2 aromatic rings. The Balaban J connectivity index is 1.99. The fraction of sp³-hybridized carbons (Fsp3) is 0.381. The van der Waals surface area contributed by atoms with E-state index in [-0.39, 0.29) is 6.10 Å². The van der Waals surface area contributed by atoms with Gasteiger partial charge in [-0.3, -0.25) is 4.99 Å². The van der Waals surface area contributed by atoms with E-state index in [1.165, 1.54) is 18.4 Å². The first-order valence-electron chi connectivity index (χ1n) is 8.49. The summed E-state index contributed by atoms with van der Waals surface area (Å²) in [6, 6.07) is 16.6. The molecule has 0 radical (unpaired) electrons. The van der Waals surface area contributed by atoms with Gasteiger partial charge in [-0.15, -0.1) is 0 Å². The zero-order valence-corrected chi connectivity index (χ0v) is 14.6. The van der Waals surface area contributed by atoms with E-state index in [0.717, 1.165) is 17.0 Å². The fourth-order valence-corrected chi connectivity index (χ4v) is 2.54. The van der Waals surface area contributed by atoms with Gasteiger partial charge in [0.25, 0.3) is 0 Å². The predicted molar refractivity (Wildman–Crippen MR) is 99.2 cm³/mol. The van der Waals surface area contributed by atoms with E-state index >= 15 is 0 Å². The zero-order chi connectivity index (χ0) is 16.7. The van der Waals surface area contributed by atoms with Crippen molar-refractivity contribution in [3.8, 4) is 5.75 Å².